The third-order valence-corrected chi connectivity index (χ3v) is 3.41. The summed E-state index contributed by atoms with van der Waals surface area (Å²) in [6.45, 7) is -1.54. The Bertz CT molecular complexity index is 412. The molecule has 0 heterocycles. The molecule has 1 rings (SSSR count). The maximum absolute atomic E-state index is 12.1. The standard InChI is InChI=1S/C11H11ClF2O2S/c1-6(15)10(12)8-5-7(16-11(13)14)3-4-9(8)17-2/h3-5,10-11H,1-2H3. The Morgan fingerprint density at radius 1 is 1.47 bits per heavy atom. The van der Waals surface area contributed by atoms with Gasteiger partial charge in [-0.05, 0) is 36.9 Å². The molecule has 0 aromatic heterocycles. The summed E-state index contributed by atoms with van der Waals surface area (Å²) in [5.74, 6) is -0.240. The summed E-state index contributed by atoms with van der Waals surface area (Å²) in [5.41, 5.74) is 0.491. The van der Waals surface area contributed by atoms with E-state index in [9.17, 15) is 13.6 Å². The van der Waals surface area contributed by atoms with Crippen LogP contribution in [0.5, 0.6) is 5.75 Å². The van der Waals surface area contributed by atoms with Gasteiger partial charge in [-0.25, -0.2) is 0 Å². The zero-order valence-corrected chi connectivity index (χ0v) is 10.8. The first-order chi connectivity index (χ1) is 7.95. The van der Waals surface area contributed by atoms with Crippen LogP contribution in [0.1, 0.15) is 17.9 Å². The number of hydrogen-bond donors (Lipinski definition) is 0. The van der Waals surface area contributed by atoms with Crippen molar-refractivity contribution in [1.82, 2.24) is 0 Å². The second-order valence-corrected chi connectivity index (χ2v) is 4.54. The Hall–Kier alpha value is -0.810. The van der Waals surface area contributed by atoms with Crippen molar-refractivity contribution in [2.24, 2.45) is 0 Å². The maximum atomic E-state index is 12.1. The normalized spacial score (nSPS) is 12.6. The monoisotopic (exact) mass is 280 g/mol. The molecule has 0 spiro atoms. The Balaban J connectivity index is 3.10. The molecule has 0 aliphatic rings. The molecule has 2 nitrogen and oxygen atoms in total. The molecule has 94 valence electrons. The minimum Gasteiger partial charge on any atom is -0.435 e. The van der Waals surface area contributed by atoms with E-state index in [1.54, 1.807) is 6.07 Å². The zero-order chi connectivity index (χ0) is 13.0. The molecule has 0 saturated carbocycles. The van der Waals surface area contributed by atoms with Crippen molar-refractivity contribution in [1.29, 1.82) is 0 Å². The van der Waals surface area contributed by atoms with E-state index in [1.807, 2.05) is 6.26 Å². The lowest BCUT2D eigenvalue weighted by Crippen LogP contribution is -2.06. The lowest BCUT2D eigenvalue weighted by Gasteiger charge is -2.13. The summed E-state index contributed by atoms with van der Waals surface area (Å²) in [4.78, 5) is 12.0. The van der Waals surface area contributed by atoms with Crippen molar-refractivity contribution >= 4 is 29.1 Å². The fraction of sp³-hybridized carbons (Fsp3) is 0.364. The van der Waals surface area contributed by atoms with E-state index in [0.29, 0.717) is 5.56 Å². The van der Waals surface area contributed by atoms with Crippen molar-refractivity contribution in [3.05, 3.63) is 23.8 Å². The van der Waals surface area contributed by atoms with Crippen molar-refractivity contribution in [3.63, 3.8) is 0 Å². The lowest BCUT2D eigenvalue weighted by atomic mass is 10.1. The number of hydrogen-bond acceptors (Lipinski definition) is 3. The largest absolute Gasteiger partial charge is 0.435 e. The molecule has 0 fully saturated rings. The quantitative estimate of drug-likeness (QED) is 0.605. The SMILES string of the molecule is CSc1ccc(OC(F)F)cc1C(Cl)C(C)=O. The van der Waals surface area contributed by atoms with Crippen molar-refractivity contribution in [3.8, 4) is 5.75 Å². The van der Waals surface area contributed by atoms with Crippen LogP contribution in [0, 0.1) is 0 Å². The number of thioether (sulfide) groups is 1. The number of carbonyl (C=O) groups is 1. The highest BCUT2D eigenvalue weighted by Crippen LogP contribution is 2.33. The second-order valence-electron chi connectivity index (χ2n) is 3.26. The van der Waals surface area contributed by atoms with Crippen LogP contribution < -0.4 is 4.74 Å². The molecule has 6 heteroatoms. The third kappa shape index (κ3) is 3.85. The number of halogens is 3. The molecule has 0 bridgehead atoms. The summed E-state index contributed by atoms with van der Waals surface area (Å²) in [5, 5.41) is -0.848. The van der Waals surface area contributed by atoms with Gasteiger partial charge in [0.05, 0.1) is 0 Å². The van der Waals surface area contributed by atoms with E-state index >= 15 is 0 Å². The van der Waals surface area contributed by atoms with Crippen molar-refractivity contribution in [2.75, 3.05) is 6.26 Å². The average molecular weight is 281 g/mol. The molecule has 0 aliphatic heterocycles. The number of benzene rings is 1. The third-order valence-electron chi connectivity index (χ3n) is 2.06. The molecule has 0 radical (unpaired) electrons. The molecular weight excluding hydrogens is 270 g/mol. The van der Waals surface area contributed by atoms with Gasteiger partial charge >= 0.3 is 6.61 Å². The molecule has 1 aromatic carbocycles. The Morgan fingerprint density at radius 3 is 2.59 bits per heavy atom. The van der Waals surface area contributed by atoms with Gasteiger partial charge in [0.1, 0.15) is 11.1 Å². The number of Topliss-reactive ketones (excluding diaryl/α,β-unsaturated/α-hetero) is 1. The van der Waals surface area contributed by atoms with E-state index in [4.69, 9.17) is 11.6 Å². The molecule has 1 unspecified atom stereocenters. The average Bonchev–Trinajstić information content (AvgIpc) is 2.27. The molecule has 0 N–H and O–H groups in total. The Labute approximate surface area is 107 Å². The van der Waals surface area contributed by atoms with E-state index in [-0.39, 0.29) is 11.5 Å². The molecule has 17 heavy (non-hydrogen) atoms. The highest BCUT2D eigenvalue weighted by Gasteiger charge is 2.18. The zero-order valence-electron chi connectivity index (χ0n) is 9.25. The molecule has 1 atom stereocenters. The predicted octanol–water partition coefficient (Wildman–Crippen LogP) is 3.88. The lowest BCUT2D eigenvalue weighted by molar-refractivity contribution is -0.116. The summed E-state index contributed by atoms with van der Waals surface area (Å²) < 4.78 is 28.4. The van der Waals surface area contributed by atoms with Crippen LogP contribution in [0.15, 0.2) is 23.1 Å². The fourth-order valence-corrected chi connectivity index (χ4v) is 2.17. The van der Waals surface area contributed by atoms with Crippen LogP contribution in [0.2, 0.25) is 0 Å². The summed E-state index contributed by atoms with van der Waals surface area (Å²) >= 11 is 7.32. The molecule has 0 aliphatic carbocycles. The number of ether oxygens (including phenoxy) is 1. The van der Waals surface area contributed by atoms with Gasteiger partial charge in [0.25, 0.3) is 0 Å². The van der Waals surface area contributed by atoms with Gasteiger partial charge in [-0.1, -0.05) is 0 Å². The predicted molar refractivity (Wildman–Crippen MR) is 64.1 cm³/mol. The Morgan fingerprint density at radius 2 is 2.12 bits per heavy atom. The minimum absolute atomic E-state index is 0.000278. The van der Waals surface area contributed by atoms with Crippen LogP contribution >= 0.6 is 23.4 Å². The van der Waals surface area contributed by atoms with Crippen LogP contribution in [0.3, 0.4) is 0 Å². The highest BCUT2D eigenvalue weighted by molar-refractivity contribution is 7.98. The highest BCUT2D eigenvalue weighted by atomic mass is 35.5. The smallest absolute Gasteiger partial charge is 0.387 e. The van der Waals surface area contributed by atoms with E-state index in [1.165, 1.54) is 30.8 Å². The van der Waals surface area contributed by atoms with Crippen LogP contribution in [0.25, 0.3) is 0 Å². The summed E-state index contributed by atoms with van der Waals surface area (Å²) in [6.07, 6.45) is 1.82. The van der Waals surface area contributed by atoms with Crippen LogP contribution in [-0.4, -0.2) is 18.7 Å². The first-order valence-electron chi connectivity index (χ1n) is 4.73. The van der Waals surface area contributed by atoms with Gasteiger partial charge in [-0.2, -0.15) is 8.78 Å². The van der Waals surface area contributed by atoms with Crippen LogP contribution in [-0.2, 0) is 4.79 Å². The number of alkyl halides is 3. The van der Waals surface area contributed by atoms with Crippen molar-refractivity contribution < 1.29 is 18.3 Å². The van der Waals surface area contributed by atoms with E-state index in [0.717, 1.165) is 4.90 Å². The van der Waals surface area contributed by atoms with Gasteiger partial charge in [-0.15, -0.1) is 23.4 Å². The minimum atomic E-state index is -2.89. The summed E-state index contributed by atoms with van der Waals surface area (Å²) in [7, 11) is 0. The van der Waals surface area contributed by atoms with Gasteiger partial charge in [0, 0.05) is 4.90 Å². The molecule has 1 aromatic rings. The van der Waals surface area contributed by atoms with Crippen LogP contribution in [0.4, 0.5) is 8.78 Å². The maximum Gasteiger partial charge on any atom is 0.387 e. The first-order valence-corrected chi connectivity index (χ1v) is 6.39. The van der Waals surface area contributed by atoms with E-state index < -0.39 is 12.0 Å². The fourth-order valence-electron chi connectivity index (χ4n) is 1.31. The van der Waals surface area contributed by atoms with Gasteiger partial charge in [-0.3, -0.25) is 4.79 Å². The first kappa shape index (κ1) is 14.3. The van der Waals surface area contributed by atoms with Gasteiger partial charge in [0.2, 0.25) is 0 Å². The van der Waals surface area contributed by atoms with Crippen molar-refractivity contribution in [2.45, 2.75) is 23.8 Å². The van der Waals surface area contributed by atoms with Gasteiger partial charge in [0.15, 0.2) is 5.78 Å². The molecule has 0 amide bonds. The number of carbonyl (C=O) groups excluding carboxylic acids is 1. The topological polar surface area (TPSA) is 26.3 Å². The summed E-state index contributed by atoms with van der Waals surface area (Å²) in [6, 6.07) is 4.40. The number of ketones is 1. The molecule has 0 saturated heterocycles. The Kier molecular flexibility index (Phi) is 5.21. The van der Waals surface area contributed by atoms with E-state index in [2.05, 4.69) is 4.74 Å². The molecular formula is C11H11ClF2O2S. The second kappa shape index (κ2) is 6.21. The number of rotatable bonds is 5. The van der Waals surface area contributed by atoms with Gasteiger partial charge < -0.3 is 4.74 Å².